The Balaban J connectivity index is 1.82. The molecule has 4 aromatic carbocycles. The molecule has 0 unspecified atom stereocenters. The van der Waals surface area contributed by atoms with E-state index in [9.17, 15) is 5.11 Å². The molecule has 0 fully saturated rings. The molecule has 0 heterocycles. The normalized spacial score (nSPS) is 11.6. The number of thioether (sulfide) groups is 1. The van der Waals surface area contributed by atoms with Crippen LogP contribution in [0.15, 0.2) is 125 Å². The predicted molar refractivity (Wildman–Crippen MR) is 135 cm³/mol. The third-order valence-corrected chi connectivity index (χ3v) is 10.6. The monoisotopic (exact) mass is 489 g/mol. The van der Waals surface area contributed by atoms with Crippen molar-refractivity contribution in [3.05, 3.63) is 131 Å². The summed E-state index contributed by atoms with van der Waals surface area (Å²) in [5.41, 5.74) is 2.42. The van der Waals surface area contributed by atoms with Gasteiger partial charge >= 0.3 is 194 Å². The van der Waals surface area contributed by atoms with E-state index in [0.29, 0.717) is 6.42 Å². The molecule has 0 bridgehead atoms. The van der Waals surface area contributed by atoms with Gasteiger partial charge in [0.05, 0.1) is 0 Å². The second kappa shape index (κ2) is 11.2. The maximum atomic E-state index is 9.52. The van der Waals surface area contributed by atoms with Gasteiger partial charge < -0.3 is 0 Å². The summed E-state index contributed by atoms with van der Waals surface area (Å²) in [7, 11) is 0. The zero-order valence-electron chi connectivity index (χ0n) is 17.2. The van der Waals surface area contributed by atoms with Crippen LogP contribution in [0.5, 0.6) is 0 Å². The van der Waals surface area contributed by atoms with Crippen molar-refractivity contribution in [2.24, 2.45) is 0 Å². The fraction of sp³-hybridized carbons (Fsp3) is 0.0714. The first kappa shape index (κ1) is 21.7. The van der Waals surface area contributed by atoms with Crippen molar-refractivity contribution < 1.29 is 5.11 Å². The van der Waals surface area contributed by atoms with Gasteiger partial charge in [0, 0.05) is 0 Å². The van der Waals surface area contributed by atoms with Gasteiger partial charge in [-0.25, -0.2) is 0 Å². The van der Waals surface area contributed by atoms with Crippen molar-refractivity contribution in [3.63, 3.8) is 0 Å². The molecule has 0 amide bonds. The van der Waals surface area contributed by atoms with Crippen LogP contribution in [0, 0.1) is 0 Å². The second-order valence-electron chi connectivity index (χ2n) is 7.00. The van der Waals surface area contributed by atoms with Gasteiger partial charge in [0.25, 0.3) is 0 Å². The van der Waals surface area contributed by atoms with Gasteiger partial charge in [-0.1, -0.05) is 0 Å². The van der Waals surface area contributed by atoms with Crippen LogP contribution in [0.25, 0.3) is 4.91 Å². The van der Waals surface area contributed by atoms with Crippen LogP contribution >= 0.6 is 11.8 Å². The van der Waals surface area contributed by atoms with Crippen LogP contribution in [0.4, 0.5) is 0 Å². The molecule has 1 nitrogen and oxygen atoms in total. The number of hydrogen-bond acceptors (Lipinski definition) is 2. The van der Waals surface area contributed by atoms with E-state index in [-0.39, 0.29) is 6.61 Å². The Morgan fingerprint density at radius 3 is 1.77 bits per heavy atom. The molecular formula is C28H25OSSe+. The van der Waals surface area contributed by atoms with Gasteiger partial charge in [-0.2, -0.15) is 0 Å². The molecule has 0 radical (unpaired) electrons. The van der Waals surface area contributed by atoms with E-state index in [0.717, 1.165) is 0 Å². The predicted octanol–water partition coefficient (Wildman–Crippen LogP) is 5.20. The van der Waals surface area contributed by atoms with E-state index in [1.54, 1.807) is 0 Å². The molecule has 0 aliphatic carbocycles. The molecule has 0 atom stereocenters. The van der Waals surface area contributed by atoms with Crippen LogP contribution in [0.3, 0.4) is 0 Å². The zero-order valence-corrected chi connectivity index (χ0v) is 19.8. The molecular weight excluding hydrogens is 463 g/mol. The molecule has 154 valence electrons. The third kappa shape index (κ3) is 5.78. The Morgan fingerprint density at radius 1 is 0.677 bits per heavy atom. The van der Waals surface area contributed by atoms with Crippen molar-refractivity contribution in [2.45, 2.75) is 11.3 Å². The summed E-state index contributed by atoms with van der Waals surface area (Å²) >= 11 is 0.397. The van der Waals surface area contributed by atoms with E-state index in [4.69, 9.17) is 0 Å². The summed E-state index contributed by atoms with van der Waals surface area (Å²) < 4.78 is 2.79. The molecule has 3 heteroatoms. The Morgan fingerprint density at radius 2 is 1.19 bits per heavy atom. The quantitative estimate of drug-likeness (QED) is 0.272. The summed E-state index contributed by atoms with van der Waals surface area (Å²) in [4.78, 5) is 4.97. The molecule has 0 aliphatic heterocycles. The Bertz CT molecular complexity index is 1070. The maximum absolute atomic E-state index is 9.52. The Kier molecular flexibility index (Phi) is 7.81. The molecule has 4 rings (SSSR count). The van der Waals surface area contributed by atoms with E-state index in [2.05, 4.69) is 114 Å². The van der Waals surface area contributed by atoms with Crippen LogP contribution in [-0.4, -0.2) is 25.6 Å². The second-order valence-corrected chi connectivity index (χ2v) is 12.0. The number of benzene rings is 4. The summed E-state index contributed by atoms with van der Waals surface area (Å²) in [6.07, 6.45) is 0.669. The molecule has 0 saturated carbocycles. The topological polar surface area (TPSA) is 20.2 Å². The number of aliphatic hydroxyl groups is 1. The van der Waals surface area contributed by atoms with Crippen molar-refractivity contribution in [3.8, 4) is 0 Å². The Labute approximate surface area is 193 Å². The van der Waals surface area contributed by atoms with Gasteiger partial charge in [0.15, 0.2) is 0 Å². The number of aliphatic hydroxyl groups excluding tert-OH is 1. The first-order valence-corrected chi connectivity index (χ1v) is 13.8. The minimum atomic E-state index is -1.41. The fourth-order valence-electron chi connectivity index (χ4n) is 3.32. The van der Waals surface area contributed by atoms with Crippen molar-refractivity contribution in [1.82, 2.24) is 0 Å². The molecule has 0 aromatic heterocycles. The minimum absolute atomic E-state index is 0.159. The SMILES string of the molecule is OCCc1ccccc1S/C(=C\[Se+](c1ccccc1)c1ccccc1)c1ccccc1. The molecule has 0 spiro atoms. The van der Waals surface area contributed by atoms with E-state index in [1.807, 2.05) is 17.8 Å². The van der Waals surface area contributed by atoms with Gasteiger partial charge in [0.2, 0.25) is 0 Å². The van der Waals surface area contributed by atoms with E-state index >= 15 is 0 Å². The molecule has 0 saturated heterocycles. The zero-order chi connectivity index (χ0) is 21.3. The van der Waals surface area contributed by atoms with Gasteiger partial charge in [-0.15, -0.1) is 0 Å². The van der Waals surface area contributed by atoms with Gasteiger partial charge in [-0.05, 0) is 0 Å². The Hall–Kier alpha value is -2.55. The van der Waals surface area contributed by atoms with Crippen LogP contribution in [0.2, 0.25) is 0 Å². The van der Waals surface area contributed by atoms with Crippen molar-refractivity contribution in [1.29, 1.82) is 0 Å². The van der Waals surface area contributed by atoms with E-state index < -0.39 is 13.9 Å². The molecule has 31 heavy (non-hydrogen) atoms. The average Bonchev–Trinajstić information content (AvgIpc) is 2.84. The first-order chi connectivity index (χ1) is 15.3. The summed E-state index contributed by atoms with van der Waals surface area (Å²) in [6.45, 7) is 0.159. The van der Waals surface area contributed by atoms with Crippen molar-refractivity contribution in [2.75, 3.05) is 6.61 Å². The third-order valence-electron chi connectivity index (χ3n) is 4.85. The molecule has 4 aromatic rings. The van der Waals surface area contributed by atoms with Crippen LogP contribution < -0.4 is 8.92 Å². The first-order valence-electron chi connectivity index (χ1n) is 10.3. The summed E-state index contributed by atoms with van der Waals surface area (Å²) in [5, 5.41) is 9.52. The molecule has 0 aliphatic rings. The summed E-state index contributed by atoms with van der Waals surface area (Å²) in [5.74, 6) is 0. The van der Waals surface area contributed by atoms with Crippen molar-refractivity contribution >= 4 is 39.5 Å². The number of hydrogen-bond donors (Lipinski definition) is 1. The van der Waals surface area contributed by atoms with Crippen LogP contribution in [0.1, 0.15) is 11.1 Å². The van der Waals surface area contributed by atoms with Gasteiger partial charge in [-0.3, -0.25) is 0 Å². The average molecular weight is 489 g/mol. The van der Waals surface area contributed by atoms with Crippen LogP contribution in [-0.2, 0) is 6.42 Å². The number of rotatable bonds is 8. The van der Waals surface area contributed by atoms with E-state index in [1.165, 1.54) is 29.9 Å². The summed E-state index contributed by atoms with van der Waals surface area (Å²) in [6, 6.07) is 40.7. The standard InChI is InChI=1S/C28H25OSSe/c29-21-20-24-14-10-11-19-27(24)30-28(23-12-4-1-5-13-23)22-31(25-15-6-2-7-16-25)26-17-8-3-9-18-26/h1-19,22,29H,20-21H2/q+1/b28-22-. The fourth-order valence-corrected chi connectivity index (χ4v) is 8.87. The van der Waals surface area contributed by atoms with Gasteiger partial charge in [0.1, 0.15) is 0 Å². The molecule has 1 N–H and O–H groups in total.